The Labute approximate surface area is 164 Å². The van der Waals surface area contributed by atoms with Crippen molar-refractivity contribution in [2.75, 3.05) is 27.8 Å². The number of carbonyl (C=O) groups is 3. The topological polar surface area (TPSA) is 99.3 Å². The van der Waals surface area contributed by atoms with Crippen LogP contribution in [0.1, 0.15) is 33.1 Å². The van der Waals surface area contributed by atoms with E-state index < -0.39 is 0 Å². The van der Waals surface area contributed by atoms with Gasteiger partial charge >= 0.3 is 0 Å². The van der Waals surface area contributed by atoms with Crippen LogP contribution in [0.5, 0.6) is 0 Å². The Morgan fingerprint density at radius 2 is 1.21 bits per heavy atom. The zero-order valence-electron chi connectivity index (χ0n) is 16.2. The maximum atomic E-state index is 12.2. The molecule has 0 fully saturated rings. The van der Waals surface area contributed by atoms with Gasteiger partial charge in [-0.05, 0) is 42.8 Å². The first-order valence-electron chi connectivity index (χ1n) is 9.33. The molecule has 0 atom stereocenters. The molecule has 0 unspecified atom stereocenters. The minimum absolute atomic E-state index is 0.0531. The number of nitrogens with one attached hydrogen (secondary N) is 4. The smallest absolute Gasteiger partial charge is 0.243 e. The Morgan fingerprint density at radius 3 is 1.79 bits per heavy atom. The Morgan fingerprint density at radius 1 is 0.714 bits per heavy atom. The van der Waals surface area contributed by atoms with E-state index >= 15 is 0 Å². The maximum absolute atomic E-state index is 12.2. The Hall–Kier alpha value is -3.35. The van der Waals surface area contributed by atoms with E-state index in [4.69, 9.17) is 0 Å². The van der Waals surface area contributed by atoms with Crippen molar-refractivity contribution in [3.8, 4) is 0 Å². The summed E-state index contributed by atoms with van der Waals surface area (Å²) >= 11 is 0. The van der Waals surface area contributed by atoms with Gasteiger partial charge < -0.3 is 21.3 Å². The number of hydrogen-bond donors (Lipinski definition) is 4. The van der Waals surface area contributed by atoms with Gasteiger partial charge in [-0.3, -0.25) is 14.4 Å². The molecule has 0 aliphatic carbocycles. The third-order valence-corrected chi connectivity index (χ3v) is 3.83. The van der Waals surface area contributed by atoms with Gasteiger partial charge in [0.1, 0.15) is 0 Å². The molecule has 0 aliphatic heterocycles. The summed E-state index contributed by atoms with van der Waals surface area (Å²) < 4.78 is 0. The van der Waals surface area contributed by atoms with Crippen LogP contribution in [-0.2, 0) is 14.4 Å². The molecule has 2 rings (SSSR count). The van der Waals surface area contributed by atoms with Gasteiger partial charge in [-0.1, -0.05) is 26.0 Å². The van der Waals surface area contributed by atoms with Crippen LogP contribution < -0.4 is 21.3 Å². The molecule has 0 saturated heterocycles. The number of carbonyl (C=O) groups excluding carboxylic acids is 3. The van der Waals surface area contributed by atoms with E-state index in [1.807, 2.05) is 13.0 Å². The van der Waals surface area contributed by atoms with Crippen molar-refractivity contribution in [2.45, 2.75) is 33.1 Å². The summed E-state index contributed by atoms with van der Waals surface area (Å²) in [7, 11) is 0. The number of hydrogen-bond acceptors (Lipinski definition) is 4. The lowest BCUT2D eigenvalue weighted by Crippen LogP contribution is -2.22. The Balaban J connectivity index is 1.88. The standard InChI is InChI=1S/C21H26N4O3/c1-3-7-20(27)24-17-10-6-11-18(13-17)25-21(28)14-22-15-8-5-9-16(12-15)23-19(26)4-2/h5-6,8-13,22H,3-4,7,14H2,1-2H3,(H,23,26)(H,24,27)(H,25,28). The minimum Gasteiger partial charge on any atom is -0.376 e. The van der Waals surface area contributed by atoms with E-state index in [-0.39, 0.29) is 24.3 Å². The van der Waals surface area contributed by atoms with Crippen molar-refractivity contribution in [1.82, 2.24) is 0 Å². The summed E-state index contributed by atoms with van der Waals surface area (Å²) in [6, 6.07) is 14.2. The first kappa shape index (κ1) is 21.0. The summed E-state index contributed by atoms with van der Waals surface area (Å²) in [5.74, 6) is -0.344. The van der Waals surface area contributed by atoms with Gasteiger partial charge in [0.2, 0.25) is 17.7 Å². The van der Waals surface area contributed by atoms with Crippen LogP contribution in [0.15, 0.2) is 48.5 Å². The van der Waals surface area contributed by atoms with Gasteiger partial charge in [-0.15, -0.1) is 0 Å². The number of benzene rings is 2. The zero-order chi connectivity index (χ0) is 20.4. The third kappa shape index (κ3) is 7.11. The summed E-state index contributed by atoms with van der Waals surface area (Å²) in [4.78, 5) is 35.4. The van der Waals surface area contributed by atoms with Crippen LogP contribution in [0.25, 0.3) is 0 Å². The molecule has 4 N–H and O–H groups in total. The quantitative estimate of drug-likeness (QED) is 0.530. The van der Waals surface area contributed by atoms with Crippen molar-refractivity contribution in [1.29, 1.82) is 0 Å². The highest BCUT2D eigenvalue weighted by Gasteiger charge is 2.06. The van der Waals surface area contributed by atoms with Gasteiger partial charge in [-0.25, -0.2) is 0 Å². The molecular formula is C21H26N4O3. The summed E-state index contributed by atoms with van der Waals surface area (Å²) in [6.07, 6.45) is 1.63. The van der Waals surface area contributed by atoms with Crippen LogP contribution in [-0.4, -0.2) is 24.3 Å². The van der Waals surface area contributed by atoms with Crippen molar-refractivity contribution < 1.29 is 14.4 Å². The number of anilines is 4. The highest BCUT2D eigenvalue weighted by molar-refractivity contribution is 5.96. The lowest BCUT2D eigenvalue weighted by Gasteiger charge is -2.11. The molecule has 7 heteroatoms. The maximum Gasteiger partial charge on any atom is 0.243 e. The molecule has 0 saturated carbocycles. The normalized spacial score (nSPS) is 10.1. The molecule has 0 aromatic heterocycles. The fraction of sp³-hybridized carbons (Fsp3) is 0.286. The molecule has 0 radical (unpaired) electrons. The first-order chi connectivity index (χ1) is 13.5. The second-order valence-electron chi connectivity index (χ2n) is 6.26. The van der Waals surface area contributed by atoms with Crippen molar-refractivity contribution in [2.24, 2.45) is 0 Å². The molecule has 2 aromatic carbocycles. The predicted octanol–water partition coefficient (Wildman–Crippen LogP) is 3.82. The summed E-state index contributed by atoms with van der Waals surface area (Å²) in [5, 5.41) is 11.4. The van der Waals surface area contributed by atoms with Gasteiger partial charge in [0.05, 0.1) is 6.54 Å². The van der Waals surface area contributed by atoms with Crippen molar-refractivity contribution in [3.63, 3.8) is 0 Å². The largest absolute Gasteiger partial charge is 0.376 e. The van der Waals surface area contributed by atoms with Gasteiger partial charge in [0, 0.05) is 35.6 Å². The molecule has 7 nitrogen and oxygen atoms in total. The SMILES string of the molecule is CCCC(=O)Nc1cccc(NC(=O)CNc2cccc(NC(=O)CC)c2)c1. The lowest BCUT2D eigenvalue weighted by molar-refractivity contribution is -0.116. The fourth-order valence-electron chi connectivity index (χ4n) is 2.47. The highest BCUT2D eigenvalue weighted by Crippen LogP contribution is 2.17. The highest BCUT2D eigenvalue weighted by atomic mass is 16.2. The van der Waals surface area contributed by atoms with Crippen LogP contribution in [0.4, 0.5) is 22.7 Å². The Bertz CT molecular complexity index is 836. The predicted molar refractivity (Wildman–Crippen MR) is 112 cm³/mol. The summed E-state index contributed by atoms with van der Waals surface area (Å²) in [5.41, 5.74) is 2.64. The molecule has 2 aromatic rings. The third-order valence-electron chi connectivity index (χ3n) is 3.83. The van der Waals surface area contributed by atoms with Crippen LogP contribution in [0, 0.1) is 0 Å². The average molecular weight is 382 g/mol. The fourth-order valence-corrected chi connectivity index (χ4v) is 2.47. The number of amides is 3. The zero-order valence-corrected chi connectivity index (χ0v) is 16.2. The molecule has 28 heavy (non-hydrogen) atoms. The van der Waals surface area contributed by atoms with E-state index in [9.17, 15) is 14.4 Å². The molecule has 0 bridgehead atoms. The molecule has 148 valence electrons. The van der Waals surface area contributed by atoms with Crippen LogP contribution in [0.3, 0.4) is 0 Å². The molecule has 0 spiro atoms. The second-order valence-corrected chi connectivity index (χ2v) is 6.26. The number of rotatable bonds is 9. The van der Waals surface area contributed by atoms with E-state index in [0.717, 1.165) is 12.1 Å². The van der Waals surface area contributed by atoms with Crippen LogP contribution >= 0.6 is 0 Å². The summed E-state index contributed by atoms with van der Waals surface area (Å²) in [6.45, 7) is 3.79. The van der Waals surface area contributed by atoms with Gasteiger partial charge in [-0.2, -0.15) is 0 Å². The first-order valence-corrected chi connectivity index (χ1v) is 9.33. The van der Waals surface area contributed by atoms with E-state index in [1.165, 1.54) is 0 Å². The average Bonchev–Trinajstić information content (AvgIpc) is 2.67. The Kier molecular flexibility index (Phi) is 8.02. The molecular weight excluding hydrogens is 356 g/mol. The van der Waals surface area contributed by atoms with Crippen LogP contribution in [0.2, 0.25) is 0 Å². The van der Waals surface area contributed by atoms with Gasteiger partial charge in [0.25, 0.3) is 0 Å². The van der Waals surface area contributed by atoms with Gasteiger partial charge in [0.15, 0.2) is 0 Å². The van der Waals surface area contributed by atoms with E-state index in [1.54, 1.807) is 49.4 Å². The van der Waals surface area contributed by atoms with E-state index in [2.05, 4.69) is 21.3 Å². The lowest BCUT2D eigenvalue weighted by atomic mass is 10.2. The molecule has 0 heterocycles. The molecule has 0 aliphatic rings. The minimum atomic E-state index is -0.222. The molecule has 3 amide bonds. The van der Waals surface area contributed by atoms with E-state index in [0.29, 0.717) is 29.9 Å². The monoisotopic (exact) mass is 382 g/mol. The van der Waals surface area contributed by atoms with Crippen molar-refractivity contribution >= 4 is 40.5 Å². The second kappa shape index (κ2) is 10.7. The van der Waals surface area contributed by atoms with Crippen molar-refractivity contribution in [3.05, 3.63) is 48.5 Å².